The van der Waals surface area contributed by atoms with Gasteiger partial charge in [-0.3, -0.25) is 0 Å². The van der Waals surface area contributed by atoms with E-state index >= 15 is 0 Å². The number of halogens is 1. The average molecular weight is 345 g/mol. The molecule has 1 atom stereocenters. The van der Waals surface area contributed by atoms with Crippen LogP contribution < -0.4 is 10.6 Å². The van der Waals surface area contributed by atoms with Gasteiger partial charge in [-0.15, -0.1) is 0 Å². The SMILES string of the molecule is COCCC(C)NC(=O)Nc1ccc(Br)cc1C(=O)O. The predicted octanol–water partition coefficient (Wildman–Crippen LogP) is 2.69. The van der Waals surface area contributed by atoms with Crippen molar-refractivity contribution in [2.24, 2.45) is 0 Å². The topological polar surface area (TPSA) is 87.7 Å². The largest absolute Gasteiger partial charge is 0.478 e. The molecule has 0 aromatic heterocycles. The Labute approximate surface area is 125 Å². The van der Waals surface area contributed by atoms with Crippen molar-refractivity contribution in [2.75, 3.05) is 19.0 Å². The van der Waals surface area contributed by atoms with E-state index in [4.69, 9.17) is 9.84 Å². The van der Waals surface area contributed by atoms with Gasteiger partial charge in [-0.05, 0) is 31.5 Å². The minimum Gasteiger partial charge on any atom is -0.478 e. The van der Waals surface area contributed by atoms with Gasteiger partial charge in [-0.2, -0.15) is 0 Å². The molecule has 0 aliphatic heterocycles. The van der Waals surface area contributed by atoms with Crippen LogP contribution in [0.25, 0.3) is 0 Å². The van der Waals surface area contributed by atoms with Crippen molar-refractivity contribution < 1.29 is 19.4 Å². The highest BCUT2D eigenvalue weighted by Gasteiger charge is 2.14. The van der Waals surface area contributed by atoms with E-state index < -0.39 is 12.0 Å². The van der Waals surface area contributed by atoms with Crippen molar-refractivity contribution in [3.8, 4) is 0 Å². The van der Waals surface area contributed by atoms with E-state index in [-0.39, 0.29) is 17.3 Å². The third kappa shape index (κ3) is 5.18. The Balaban J connectivity index is 2.68. The summed E-state index contributed by atoms with van der Waals surface area (Å²) in [4.78, 5) is 22.9. The summed E-state index contributed by atoms with van der Waals surface area (Å²) in [6.07, 6.45) is 0.677. The number of carbonyl (C=O) groups is 2. The summed E-state index contributed by atoms with van der Waals surface area (Å²) in [5.41, 5.74) is 0.274. The Morgan fingerprint density at radius 2 is 2.15 bits per heavy atom. The van der Waals surface area contributed by atoms with Crippen LogP contribution in [0.4, 0.5) is 10.5 Å². The molecule has 0 spiro atoms. The first-order valence-electron chi connectivity index (χ1n) is 6.03. The number of hydrogen-bond donors (Lipinski definition) is 3. The lowest BCUT2D eigenvalue weighted by atomic mass is 10.2. The number of benzene rings is 1. The number of carboxylic acids is 1. The highest BCUT2D eigenvalue weighted by atomic mass is 79.9. The molecule has 2 amide bonds. The summed E-state index contributed by atoms with van der Waals surface area (Å²) in [5, 5.41) is 14.3. The zero-order valence-corrected chi connectivity index (χ0v) is 12.9. The molecule has 1 rings (SSSR count). The molecule has 7 heteroatoms. The van der Waals surface area contributed by atoms with Gasteiger partial charge >= 0.3 is 12.0 Å². The molecule has 0 bridgehead atoms. The number of amides is 2. The minimum atomic E-state index is -1.10. The Morgan fingerprint density at radius 1 is 1.45 bits per heavy atom. The van der Waals surface area contributed by atoms with Gasteiger partial charge in [-0.25, -0.2) is 9.59 Å². The maximum atomic E-state index is 11.8. The molecule has 0 saturated carbocycles. The van der Waals surface area contributed by atoms with Crippen LogP contribution in [0.5, 0.6) is 0 Å². The van der Waals surface area contributed by atoms with Gasteiger partial charge in [0.15, 0.2) is 0 Å². The lowest BCUT2D eigenvalue weighted by Gasteiger charge is -2.15. The fourth-order valence-electron chi connectivity index (χ4n) is 1.55. The quantitative estimate of drug-likeness (QED) is 0.740. The third-order valence-corrected chi connectivity index (χ3v) is 3.09. The maximum Gasteiger partial charge on any atom is 0.337 e. The lowest BCUT2D eigenvalue weighted by Crippen LogP contribution is -2.37. The molecule has 0 radical (unpaired) electrons. The number of nitrogens with one attached hydrogen (secondary N) is 2. The molecule has 3 N–H and O–H groups in total. The molecule has 1 aromatic rings. The van der Waals surface area contributed by atoms with E-state index in [1.165, 1.54) is 12.1 Å². The summed E-state index contributed by atoms with van der Waals surface area (Å²) < 4.78 is 5.56. The molecule has 20 heavy (non-hydrogen) atoms. The van der Waals surface area contributed by atoms with Crippen molar-refractivity contribution in [1.82, 2.24) is 5.32 Å². The maximum absolute atomic E-state index is 11.8. The zero-order chi connectivity index (χ0) is 15.1. The van der Waals surface area contributed by atoms with Gasteiger partial charge in [0.25, 0.3) is 0 Å². The molecule has 6 nitrogen and oxygen atoms in total. The number of ether oxygens (including phenoxy) is 1. The first-order valence-corrected chi connectivity index (χ1v) is 6.82. The molecule has 1 aromatic carbocycles. The number of carbonyl (C=O) groups excluding carboxylic acids is 1. The molecule has 0 saturated heterocycles. The highest BCUT2D eigenvalue weighted by molar-refractivity contribution is 9.10. The van der Waals surface area contributed by atoms with Gasteiger partial charge in [-0.1, -0.05) is 15.9 Å². The van der Waals surface area contributed by atoms with Gasteiger partial charge < -0.3 is 20.5 Å². The van der Waals surface area contributed by atoms with E-state index in [1.54, 1.807) is 13.2 Å². The van der Waals surface area contributed by atoms with Crippen molar-refractivity contribution in [1.29, 1.82) is 0 Å². The second kappa shape index (κ2) is 7.86. The first-order chi connectivity index (χ1) is 9.43. The van der Waals surface area contributed by atoms with E-state index in [0.717, 1.165) is 0 Å². The molecular formula is C13H17BrN2O4. The number of rotatable bonds is 6. The second-order valence-corrected chi connectivity index (χ2v) is 5.19. The number of hydrogen-bond acceptors (Lipinski definition) is 3. The van der Waals surface area contributed by atoms with Crippen LogP contribution >= 0.6 is 15.9 Å². The molecule has 110 valence electrons. The van der Waals surface area contributed by atoms with Crippen LogP contribution in [-0.2, 0) is 4.74 Å². The molecule has 0 aliphatic rings. The molecule has 0 fully saturated rings. The summed E-state index contributed by atoms with van der Waals surface area (Å²) in [5.74, 6) is -1.10. The molecular weight excluding hydrogens is 328 g/mol. The summed E-state index contributed by atoms with van der Waals surface area (Å²) >= 11 is 3.19. The smallest absolute Gasteiger partial charge is 0.337 e. The van der Waals surface area contributed by atoms with Gasteiger partial charge in [0.1, 0.15) is 0 Å². The van der Waals surface area contributed by atoms with Crippen LogP contribution in [0.15, 0.2) is 22.7 Å². The minimum absolute atomic E-state index is 0.0269. The number of aromatic carboxylic acids is 1. The van der Waals surface area contributed by atoms with Crippen LogP contribution in [-0.4, -0.2) is 36.9 Å². The first kappa shape index (κ1) is 16.5. The zero-order valence-electron chi connectivity index (χ0n) is 11.3. The number of urea groups is 1. The fourth-order valence-corrected chi connectivity index (χ4v) is 1.91. The fraction of sp³-hybridized carbons (Fsp3) is 0.385. The molecule has 0 aliphatic carbocycles. The normalized spacial score (nSPS) is 11.8. The van der Waals surface area contributed by atoms with Crippen LogP contribution in [0.2, 0.25) is 0 Å². The Kier molecular flexibility index (Phi) is 6.47. The Bertz CT molecular complexity index is 493. The molecule has 0 heterocycles. The van der Waals surface area contributed by atoms with Crippen LogP contribution in [0.3, 0.4) is 0 Å². The van der Waals surface area contributed by atoms with Crippen molar-refractivity contribution in [3.05, 3.63) is 28.2 Å². The van der Waals surface area contributed by atoms with Crippen molar-refractivity contribution in [3.63, 3.8) is 0 Å². The van der Waals surface area contributed by atoms with Gasteiger partial charge in [0.2, 0.25) is 0 Å². The van der Waals surface area contributed by atoms with E-state index in [9.17, 15) is 9.59 Å². The van der Waals surface area contributed by atoms with E-state index in [1.807, 2.05) is 6.92 Å². The lowest BCUT2D eigenvalue weighted by molar-refractivity contribution is 0.0698. The average Bonchev–Trinajstić information content (AvgIpc) is 2.38. The predicted molar refractivity (Wildman–Crippen MR) is 79.2 cm³/mol. The number of anilines is 1. The Morgan fingerprint density at radius 3 is 2.75 bits per heavy atom. The van der Waals surface area contributed by atoms with E-state index in [0.29, 0.717) is 17.5 Å². The number of carboxylic acid groups (broad SMARTS) is 1. The summed E-state index contributed by atoms with van der Waals surface area (Å²) in [6.45, 7) is 2.39. The van der Waals surface area contributed by atoms with Gasteiger partial charge in [0, 0.05) is 24.2 Å². The summed E-state index contributed by atoms with van der Waals surface area (Å²) in [7, 11) is 1.59. The van der Waals surface area contributed by atoms with Crippen molar-refractivity contribution >= 4 is 33.6 Å². The highest BCUT2D eigenvalue weighted by Crippen LogP contribution is 2.21. The van der Waals surface area contributed by atoms with Crippen LogP contribution in [0, 0.1) is 0 Å². The third-order valence-electron chi connectivity index (χ3n) is 2.59. The monoisotopic (exact) mass is 344 g/mol. The summed E-state index contributed by atoms with van der Waals surface area (Å²) in [6, 6.07) is 4.12. The van der Waals surface area contributed by atoms with Crippen LogP contribution in [0.1, 0.15) is 23.7 Å². The van der Waals surface area contributed by atoms with Crippen molar-refractivity contribution in [2.45, 2.75) is 19.4 Å². The number of methoxy groups -OCH3 is 1. The van der Waals surface area contributed by atoms with E-state index in [2.05, 4.69) is 26.6 Å². The Hall–Kier alpha value is -1.60. The standard InChI is InChI=1S/C13H17BrN2O4/c1-8(5-6-20-2)15-13(19)16-11-4-3-9(14)7-10(11)12(17)18/h3-4,7-8H,5-6H2,1-2H3,(H,17,18)(H2,15,16,19). The molecule has 1 unspecified atom stereocenters. The van der Waals surface area contributed by atoms with Gasteiger partial charge in [0.05, 0.1) is 11.3 Å². The second-order valence-electron chi connectivity index (χ2n) is 4.28.